The van der Waals surface area contributed by atoms with Gasteiger partial charge in [-0.15, -0.1) is 0 Å². The molecule has 0 amide bonds. The fraction of sp³-hybridized carbons (Fsp3) is 1.00. The van der Waals surface area contributed by atoms with Gasteiger partial charge in [0.1, 0.15) is 6.10 Å². The molecule has 0 bridgehead atoms. The van der Waals surface area contributed by atoms with Gasteiger partial charge in [0.05, 0.1) is 12.2 Å². The van der Waals surface area contributed by atoms with Crippen molar-refractivity contribution in [2.24, 2.45) is 11.7 Å². The van der Waals surface area contributed by atoms with Crippen molar-refractivity contribution >= 4 is 0 Å². The van der Waals surface area contributed by atoms with E-state index in [-0.39, 0.29) is 5.92 Å². The van der Waals surface area contributed by atoms with Gasteiger partial charge in [-0.05, 0) is 0 Å². The summed E-state index contributed by atoms with van der Waals surface area (Å²) in [5, 5.41) is 27.2. The van der Waals surface area contributed by atoms with Crippen LogP contribution < -0.4 is 5.73 Å². The van der Waals surface area contributed by atoms with Crippen molar-refractivity contribution in [2.75, 3.05) is 0 Å². The summed E-state index contributed by atoms with van der Waals surface area (Å²) in [6, 6.07) is -0.509. The minimum Gasteiger partial charge on any atom is -0.390 e. The Kier molecular flexibility index (Phi) is 1.96. The molecule has 60 valence electrons. The van der Waals surface area contributed by atoms with Gasteiger partial charge >= 0.3 is 0 Å². The number of aliphatic hydroxyl groups excluding tert-OH is 3. The van der Waals surface area contributed by atoms with Crippen LogP contribution in [0.4, 0.5) is 0 Å². The molecule has 4 heteroatoms. The van der Waals surface area contributed by atoms with Crippen LogP contribution in [0.5, 0.6) is 0 Å². The van der Waals surface area contributed by atoms with Crippen LogP contribution in [-0.2, 0) is 0 Å². The molecule has 1 saturated carbocycles. The van der Waals surface area contributed by atoms with Gasteiger partial charge in [0, 0.05) is 12.0 Å². The van der Waals surface area contributed by atoms with Gasteiger partial charge in [0.2, 0.25) is 0 Å². The molecular weight excluding hydrogens is 134 g/mol. The molecule has 0 unspecified atom stereocenters. The molecule has 0 aliphatic heterocycles. The summed E-state index contributed by atoms with van der Waals surface area (Å²) in [6.45, 7) is 1.70. The molecule has 10 heavy (non-hydrogen) atoms. The Morgan fingerprint density at radius 2 is 1.50 bits per heavy atom. The normalized spacial score (nSPS) is 55.5. The van der Waals surface area contributed by atoms with E-state index in [0.717, 1.165) is 0 Å². The molecule has 0 radical (unpaired) electrons. The summed E-state index contributed by atoms with van der Waals surface area (Å²) in [5.74, 6) is -0.231. The van der Waals surface area contributed by atoms with Gasteiger partial charge in [-0.3, -0.25) is 0 Å². The minimum atomic E-state index is -1.08. The number of hydrogen-bond donors (Lipinski definition) is 4. The van der Waals surface area contributed by atoms with E-state index >= 15 is 0 Å². The maximum Gasteiger partial charge on any atom is 0.108 e. The molecule has 1 aliphatic carbocycles. The summed E-state index contributed by atoms with van der Waals surface area (Å²) in [5.41, 5.74) is 5.43. The van der Waals surface area contributed by atoms with Crippen molar-refractivity contribution < 1.29 is 15.3 Å². The highest BCUT2D eigenvalue weighted by Gasteiger charge is 2.44. The average Bonchev–Trinajstić information content (AvgIpc) is 2.07. The summed E-state index contributed by atoms with van der Waals surface area (Å²) < 4.78 is 0. The molecule has 4 nitrogen and oxygen atoms in total. The summed E-state index contributed by atoms with van der Waals surface area (Å²) in [4.78, 5) is 0. The highest BCUT2D eigenvalue weighted by Crippen LogP contribution is 2.24. The van der Waals surface area contributed by atoms with Crippen LogP contribution in [0.25, 0.3) is 0 Å². The molecule has 0 saturated heterocycles. The monoisotopic (exact) mass is 147 g/mol. The Hall–Kier alpha value is -0.160. The standard InChI is InChI=1S/C6H13NO3/c1-2-3(7)5(9)6(10)4(2)8/h2-6,8-10H,7H2,1H3/t2-,3+,4-,5-,6-/m0/s1. The van der Waals surface area contributed by atoms with Crippen molar-refractivity contribution in [3.05, 3.63) is 0 Å². The second-order valence-corrected chi connectivity index (χ2v) is 2.91. The molecule has 0 aromatic heterocycles. The lowest BCUT2D eigenvalue weighted by Gasteiger charge is -2.12. The van der Waals surface area contributed by atoms with Crippen LogP contribution in [-0.4, -0.2) is 39.7 Å². The van der Waals surface area contributed by atoms with Crippen molar-refractivity contribution in [1.82, 2.24) is 0 Å². The van der Waals surface area contributed by atoms with Crippen molar-refractivity contribution in [3.63, 3.8) is 0 Å². The van der Waals surface area contributed by atoms with Crippen molar-refractivity contribution in [3.8, 4) is 0 Å². The number of hydrogen-bond acceptors (Lipinski definition) is 4. The van der Waals surface area contributed by atoms with Gasteiger partial charge in [-0.25, -0.2) is 0 Å². The third-order valence-electron chi connectivity index (χ3n) is 2.24. The van der Waals surface area contributed by atoms with E-state index < -0.39 is 24.4 Å². The Bertz CT molecular complexity index is 85.3. The van der Waals surface area contributed by atoms with Gasteiger partial charge in [0.25, 0.3) is 0 Å². The van der Waals surface area contributed by atoms with Gasteiger partial charge < -0.3 is 21.1 Å². The smallest absolute Gasteiger partial charge is 0.108 e. The van der Waals surface area contributed by atoms with Crippen LogP contribution in [0.15, 0.2) is 0 Å². The molecule has 1 fully saturated rings. The van der Waals surface area contributed by atoms with Crippen LogP contribution in [0, 0.1) is 5.92 Å². The molecule has 0 heterocycles. The van der Waals surface area contributed by atoms with Crippen LogP contribution in [0.1, 0.15) is 6.92 Å². The fourth-order valence-electron chi connectivity index (χ4n) is 1.28. The SMILES string of the molecule is C[C@H]1[C@@H](N)[C@H](O)[C@@H](O)[C@H]1O. The fourth-order valence-corrected chi connectivity index (χ4v) is 1.28. The third kappa shape index (κ3) is 0.932. The lowest BCUT2D eigenvalue weighted by Crippen LogP contribution is -2.37. The average molecular weight is 147 g/mol. The molecule has 1 rings (SSSR count). The van der Waals surface area contributed by atoms with E-state index in [1.54, 1.807) is 6.92 Å². The van der Waals surface area contributed by atoms with E-state index in [9.17, 15) is 0 Å². The van der Waals surface area contributed by atoms with E-state index in [0.29, 0.717) is 0 Å². The van der Waals surface area contributed by atoms with Gasteiger partial charge in [0.15, 0.2) is 0 Å². The quantitative estimate of drug-likeness (QED) is 0.320. The predicted octanol–water partition coefficient (Wildman–Crippen LogP) is -1.95. The van der Waals surface area contributed by atoms with E-state index in [4.69, 9.17) is 21.1 Å². The summed E-state index contributed by atoms with van der Waals surface area (Å²) >= 11 is 0. The first-order valence-corrected chi connectivity index (χ1v) is 3.35. The molecule has 5 atom stereocenters. The zero-order valence-corrected chi connectivity index (χ0v) is 5.81. The van der Waals surface area contributed by atoms with E-state index in [1.165, 1.54) is 0 Å². The lowest BCUT2D eigenvalue weighted by molar-refractivity contribution is -0.0257. The summed E-state index contributed by atoms with van der Waals surface area (Å²) in [6.07, 6.45) is -2.94. The first-order chi connectivity index (χ1) is 4.55. The zero-order valence-electron chi connectivity index (χ0n) is 5.81. The van der Waals surface area contributed by atoms with Gasteiger partial charge in [-0.2, -0.15) is 0 Å². The van der Waals surface area contributed by atoms with Crippen LogP contribution >= 0.6 is 0 Å². The van der Waals surface area contributed by atoms with E-state index in [1.807, 2.05) is 0 Å². The van der Waals surface area contributed by atoms with Crippen molar-refractivity contribution in [1.29, 1.82) is 0 Å². The minimum absolute atomic E-state index is 0.231. The highest BCUT2D eigenvalue weighted by atomic mass is 16.4. The van der Waals surface area contributed by atoms with Gasteiger partial charge in [-0.1, -0.05) is 6.92 Å². The first-order valence-electron chi connectivity index (χ1n) is 3.35. The number of rotatable bonds is 0. The molecule has 0 aromatic carbocycles. The Labute approximate surface area is 59.3 Å². The van der Waals surface area contributed by atoms with Crippen molar-refractivity contribution in [2.45, 2.75) is 31.3 Å². The molecule has 5 N–H and O–H groups in total. The second-order valence-electron chi connectivity index (χ2n) is 2.91. The summed E-state index contributed by atoms with van der Waals surface area (Å²) in [7, 11) is 0. The third-order valence-corrected chi connectivity index (χ3v) is 2.24. The second kappa shape index (κ2) is 2.47. The topological polar surface area (TPSA) is 86.7 Å². The maximum absolute atomic E-state index is 9.12. The zero-order chi connectivity index (χ0) is 7.89. The highest BCUT2D eigenvalue weighted by molar-refractivity contribution is 4.98. The molecule has 1 aliphatic rings. The first kappa shape index (κ1) is 7.94. The predicted molar refractivity (Wildman–Crippen MR) is 35.2 cm³/mol. The number of nitrogens with two attached hydrogens (primary N) is 1. The molecule has 0 spiro atoms. The maximum atomic E-state index is 9.12. The largest absolute Gasteiger partial charge is 0.390 e. The van der Waals surface area contributed by atoms with Crippen LogP contribution in [0.2, 0.25) is 0 Å². The lowest BCUT2D eigenvalue weighted by atomic mass is 10.1. The van der Waals surface area contributed by atoms with Crippen LogP contribution in [0.3, 0.4) is 0 Å². The Balaban J connectivity index is 2.68. The number of aliphatic hydroxyl groups is 3. The van der Waals surface area contributed by atoms with E-state index in [2.05, 4.69) is 0 Å². The molecule has 0 aromatic rings. The Morgan fingerprint density at radius 1 is 1.00 bits per heavy atom. The Morgan fingerprint density at radius 3 is 1.60 bits per heavy atom. The molecular formula is C6H13NO3.